The lowest BCUT2D eigenvalue weighted by Gasteiger charge is -2.17. The Morgan fingerprint density at radius 3 is 2.38 bits per heavy atom. The molecular formula is C27H25NO4S2. The van der Waals surface area contributed by atoms with Crippen molar-refractivity contribution in [2.45, 2.75) is 13.8 Å². The van der Waals surface area contributed by atoms with Crippen LogP contribution in [-0.2, 0) is 4.79 Å². The van der Waals surface area contributed by atoms with Crippen molar-refractivity contribution in [1.82, 2.24) is 0 Å². The molecule has 1 fully saturated rings. The van der Waals surface area contributed by atoms with E-state index >= 15 is 0 Å². The van der Waals surface area contributed by atoms with Crippen LogP contribution in [0.3, 0.4) is 0 Å². The van der Waals surface area contributed by atoms with Crippen LogP contribution in [-0.4, -0.2) is 30.6 Å². The second kappa shape index (κ2) is 10.8. The van der Waals surface area contributed by atoms with E-state index in [0.29, 0.717) is 33.9 Å². The Kier molecular flexibility index (Phi) is 7.55. The van der Waals surface area contributed by atoms with Crippen LogP contribution < -0.4 is 19.1 Å². The summed E-state index contributed by atoms with van der Waals surface area (Å²) in [6, 6.07) is 21.1. The minimum Gasteiger partial charge on any atom is -0.493 e. The number of hydrogen-bond acceptors (Lipinski definition) is 6. The molecule has 0 aromatic heterocycles. The normalized spacial score (nSPS) is 14.6. The van der Waals surface area contributed by atoms with Gasteiger partial charge in [-0.3, -0.25) is 9.69 Å². The molecule has 1 amide bonds. The molecule has 0 atom stereocenters. The first-order valence-electron chi connectivity index (χ1n) is 10.8. The van der Waals surface area contributed by atoms with Crippen LogP contribution in [0.5, 0.6) is 17.2 Å². The SMILES string of the molecule is COc1ccccc1OCCOc1ccc(C=C2SC(=S)N(c3cc(C)ccc3C)C2=O)cc1. The van der Waals surface area contributed by atoms with Gasteiger partial charge in [-0.15, -0.1) is 0 Å². The number of hydrogen-bond donors (Lipinski definition) is 0. The zero-order valence-electron chi connectivity index (χ0n) is 19.2. The Hall–Kier alpha value is -3.29. The lowest BCUT2D eigenvalue weighted by molar-refractivity contribution is -0.113. The molecule has 0 unspecified atom stereocenters. The number of ether oxygens (including phenoxy) is 3. The van der Waals surface area contributed by atoms with Gasteiger partial charge in [-0.05, 0) is 66.9 Å². The monoisotopic (exact) mass is 491 g/mol. The molecule has 0 bridgehead atoms. The van der Waals surface area contributed by atoms with Gasteiger partial charge < -0.3 is 14.2 Å². The number of aryl methyl sites for hydroxylation is 2. The van der Waals surface area contributed by atoms with Gasteiger partial charge in [0.2, 0.25) is 0 Å². The number of nitrogens with zero attached hydrogens (tertiary/aromatic N) is 1. The number of anilines is 1. The van der Waals surface area contributed by atoms with Gasteiger partial charge in [0.15, 0.2) is 15.8 Å². The quantitative estimate of drug-likeness (QED) is 0.213. The van der Waals surface area contributed by atoms with Gasteiger partial charge in [0.05, 0.1) is 17.7 Å². The van der Waals surface area contributed by atoms with Gasteiger partial charge in [-0.1, -0.05) is 60.4 Å². The summed E-state index contributed by atoms with van der Waals surface area (Å²) in [5.41, 5.74) is 3.84. The summed E-state index contributed by atoms with van der Waals surface area (Å²) in [6.45, 7) is 4.77. The van der Waals surface area contributed by atoms with Crippen LogP contribution in [0.2, 0.25) is 0 Å². The van der Waals surface area contributed by atoms with E-state index in [1.54, 1.807) is 12.0 Å². The number of thiocarbonyl (C=S) groups is 1. The molecule has 1 aliphatic heterocycles. The summed E-state index contributed by atoms with van der Waals surface area (Å²) in [7, 11) is 1.61. The van der Waals surface area contributed by atoms with Gasteiger partial charge in [0.25, 0.3) is 5.91 Å². The topological polar surface area (TPSA) is 48.0 Å². The first kappa shape index (κ1) is 23.9. The van der Waals surface area contributed by atoms with Crippen molar-refractivity contribution in [2.75, 3.05) is 25.2 Å². The van der Waals surface area contributed by atoms with Crippen molar-refractivity contribution in [1.29, 1.82) is 0 Å². The van der Waals surface area contributed by atoms with Gasteiger partial charge >= 0.3 is 0 Å². The van der Waals surface area contributed by atoms with Crippen molar-refractivity contribution in [2.24, 2.45) is 0 Å². The second-order valence-corrected chi connectivity index (χ2v) is 9.40. The molecule has 1 aliphatic rings. The number of para-hydroxylation sites is 2. The van der Waals surface area contributed by atoms with Crippen LogP contribution in [0.1, 0.15) is 16.7 Å². The van der Waals surface area contributed by atoms with Crippen molar-refractivity contribution >= 4 is 46.0 Å². The second-order valence-electron chi connectivity index (χ2n) is 7.72. The maximum absolute atomic E-state index is 13.1. The molecule has 3 aromatic rings. The summed E-state index contributed by atoms with van der Waals surface area (Å²) >= 11 is 6.83. The third-order valence-corrected chi connectivity index (χ3v) is 6.56. The molecule has 5 nitrogen and oxygen atoms in total. The third kappa shape index (κ3) is 5.43. The van der Waals surface area contributed by atoms with Crippen molar-refractivity contribution in [3.05, 3.63) is 88.3 Å². The predicted molar refractivity (Wildman–Crippen MR) is 142 cm³/mol. The van der Waals surface area contributed by atoms with Crippen LogP contribution in [0.4, 0.5) is 5.69 Å². The molecule has 0 aliphatic carbocycles. The number of rotatable bonds is 8. The molecule has 1 heterocycles. The predicted octanol–water partition coefficient (Wildman–Crippen LogP) is 6.18. The largest absolute Gasteiger partial charge is 0.493 e. The van der Waals surface area contributed by atoms with E-state index in [1.165, 1.54) is 11.8 Å². The maximum atomic E-state index is 13.1. The fourth-order valence-corrected chi connectivity index (χ4v) is 4.78. The van der Waals surface area contributed by atoms with Crippen LogP contribution in [0.15, 0.2) is 71.6 Å². The molecule has 0 spiro atoms. The third-order valence-electron chi connectivity index (χ3n) is 5.26. The smallest absolute Gasteiger partial charge is 0.270 e. The zero-order chi connectivity index (χ0) is 24.1. The van der Waals surface area contributed by atoms with Gasteiger partial charge in [-0.25, -0.2) is 0 Å². The summed E-state index contributed by atoms with van der Waals surface area (Å²) < 4.78 is 17.3. The number of carbonyl (C=O) groups excluding carboxylic acids is 1. The minimum absolute atomic E-state index is 0.0995. The molecule has 0 N–H and O–H groups in total. The van der Waals surface area contributed by atoms with Crippen LogP contribution in [0.25, 0.3) is 6.08 Å². The Morgan fingerprint density at radius 1 is 0.941 bits per heavy atom. The molecule has 174 valence electrons. The van der Waals surface area contributed by atoms with E-state index < -0.39 is 0 Å². The number of methoxy groups -OCH3 is 1. The number of thioether (sulfide) groups is 1. The van der Waals surface area contributed by atoms with E-state index in [-0.39, 0.29) is 5.91 Å². The van der Waals surface area contributed by atoms with Crippen molar-refractivity contribution in [3.8, 4) is 17.2 Å². The summed E-state index contributed by atoms with van der Waals surface area (Å²) in [6.07, 6.45) is 1.86. The molecule has 0 saturated carbocycles. The van der Waals surface area contributed by atoms with Gasteiger partial charge in [0.1, 0.15) is 19.0 Å². The molecular weight excluding hydrogens is 466 g/mol. The standard InChI is InChI=1S/C27H25NO4S2/c1-18-8-9-19(2)22(16-18)28-26(29)25(34-27(28)33)17-20-10-12-21(13-11-20)31-14-15-32-24-7-5-4-6-23(24)30-3/h4-13,16-17H,14-15H2,1-3H3. The summed E-state index contributed by atoms with van der Waals surface area (Å²) in [4.78, 5) is 15.3. The van der Waals surface area contributed by atoms with E-state index in [9.17, 15) is 4.79 Å². The fourth-order valence-electron chi connectivity index (χ4n) is 3.50. The van der Waals surface area contributed by atoms with E-state index in [1.807, 2.05) is 86.7 Å². The number of carbonyl (C=O) groups is 1. The molecule has 34 heavy (non-hydrogen) atoms. The van der Waals surface area contributed by atoms with Crippen molar-refractivity contribution < 1.29 is 19.0 Å². The fraction of sp³-hybridized carbons (Fsp3) is 0.185. The Balaban J connectivity index is 1.36. The van der Waals surface area contributed by atoms with Gasteiger partial charge in [0, 0.05) is 0 Å². The van der Waals surface area contributed by atoms with Crippen molar-refractivity contribution in [3.63, 3.8) is 0 Å². The highest BCUT2D eigenvalue weighted by atomic mass is 32.2. The summed E-state index contributed by atoms with van der Waals surface area (Å²) in [5, 5.41) is 0. The molecule has 3 aromatic carbocycles. The first-order chi connectivity index (χ1) is 16.5. The van der Waals surface area contributed by atoms with Crippen LogP contribution >= 0.6 is 24.0 Å². The highest BCUT2D eigenvalue weighted by molar-refractivity contribution is 8.27. The highest BCUT2D eigenvalue weighted by Crippen LogP contribution is 2.37. The Bertz CT molecular complexity index is 1240. The summed E-state index contributed by atoms with van der Waals surface area (Å²) in [5.74, 6) is 2.00. The van der Waals surface area contributed by atoms with E-state index in [4.69, 9.17) is 26.4 Å². The molecule has 0 radical (unpaired) electrons. The Labute approximate surface area is 209 Å². The highest BCUT2D eigenvalue weighted by Gasteiger charge is 2.34. The van der Waals surface area contributed by atoms with E-state index in [0.717, 1.165) is 28.1 Å². The molecule has 1 saturated heterocycles. The Morgan fingerprint density at radius 2 is 1.65 bits per heavy atom. The zero-order valence-corrected chi connectivity index (χ0v) is 20.9. The number of benzene rings is 3. The maximum Gasteiger partial charge on any atom is 0.270 e. The molecule has 7 heteroatoms. The van der Waals surface area contributed by atoms with Crippen LogP contribution in [0, 0.1) is 13.8 Å². The van der Waals surface area contributed by atoms with E-state index in [2.05, 4.69) is 0 Å². The first-order valence-corrected chi connectivity index (χ1v) is 12.0. The average molecular weight is 492 g/mol. The lowest BCUT2D eigenvalue weighted by atomic mass is 10.1. The average Bonchev–Trinajstić information content (AvgIpc) is 3.12. The number of amides is 1. The van der Waals surface area contributed by atoms with Gasteiger partial charge in [-0.2, -0.15) is 0 Å². The molecule has 4 rings (SSSR count). The minimum atomic E-state index is -0.0995. The lowest BCUT2D eigenvalue weighted by Crippen LogP contribution is -2.28.